The quantitative estimate of drug-likeness (QED) is 0.335. The van der Waals surface area contributed by atoms with Gasteiger partial charge < -0.3 is 0 Å². The lowest BCUT2D eigenvalue weighted by Gasteiger charge is -2.15. The zero-order chi connectivity index (χ0) is 16.0. The second-order valence-electron chi connectivity index (χ2n) is 5.98. The van der Waals surface area contributed by atoms with Gasteiger partial charge in [-0.05, 0) is 18.8 Å². The highest BCUT2D eigenvalue weighted by atomic mass is 32.3. The van der Waals surface area contributed by atoms with Crippen LogP contribution in [0.4, 0.5) is 0 Å². The maximum atomic E-state index is 10.7. The van der Waals surface area contributed by atoms with Crippen LogP contribution >= 0.6 is 0 Å². The Morgan fingerprint density at radius 2 is 1.24 bits per heavy atom. The maximum Gasteiger partial charge on any atom is 0.397 e. The van der Waals surface area contributed by atoms with Gasteiger partial charge in [0.25, 0.3) is 0 Å². The predicted octanol–water partition coefficient (Wildman–Crippen LogP) is 5.14. The van der Waals surface area contributed by atoms with Crippen LogP contribution in [0, 0.1) is 5.92 Å². The van der Waals surface area contributed by atoms with Crippen molar-refractivity contribution in [3.63, 3.8) is 0 Å². The fourth-order valence-electron chi connectivity index (χ4n) is 2.57. The van der Waals surface area contributed by atoms with Crippen LogP contribution in [-0.4, -0.2) is 19.6 Å². The Hall–Kier alpha value is -0.130. The summed E-state index contributed by atoms with van der Waals surface area (Å²) >= 11 is 0. The lowest BCUT2D eigenvalue weighted by molar-refractivity contribution is 0.204. The molecule has 4 nitrogen and oxygen atoms in total. The number of rotatable bonds is 15. The van der Waals surface area contributed by atoms with E-state index in [0.717, 1.165) is 32.1 Å². The summed E-state index contributed by atoms with van der Waals surface area (Å²) in [6, 6.07) is 0. The summed E-state index contributed by atoms with van der Waals surface area (Å²) in [4.78, 5) is 0. The Morgan fingerprint density at radius 1 is 0.810 bits per heavy atom. The molecule has 0 aliphatic heterocycles. The van der Waals surface area contributed by atoms with Crippen LogP contribution in [-0.2, 0) is 14.6 Å². The summed E-state index contributed by atoms with van der Waals surface area (Å²) < 4.78 is 34.6. The zero-order valence-electron chi connectivity index (χ0n) is 13.8. The first-order valence-electron chi connectivity index (χ1n) is 8.61. The van der Waals surface area contributed by atoms with E-state index in [-0.39, 0.29) is 12.5 Å². The SMILES string of the molecule is CCCCCCCCCC(CCCCC)COS(=O)(=O)O. The van der Waals surface area contributed by atoms with E-state index in [2.05, 4.69) is 18.0 Å². The van der Waals surface area contributed by atoms with Gasteiger partial charge in [0.15, 0.2) is 0 Å². The summed E-state index contributed by atoms with van der Waals surface area (Å²) in [6.45, 7) is 4.49. The molecular weight excluding hydrogens is 288 g/mol. The van der Waals surface area contributed by atoms with Crippen molar-refractivity contribution in [1.29, 1.82) is 0 Å². The highest BCUT2D eigenvalue weighted by Crippen LogP contribution is 2.19. The first kappa shape index (κ1) is 20.9. The van der Waals surface area contributed by atoms with E-state index < -0.39 is 10.4 Å². The van der Waals surface area contributed by atoms with Crippen LogP contribution < -0.4 is 0 Å². The average molecular weight is 323 g/mol. The van der Waals surface area contributed by atoms with Crippen molar-refractivity contribution >= 4 is 10.4 Å². The Balaban J connectivity index is 3.81. The van der Waals surface area contributed by atoms with Crippen LogP contribution in [0.3, 0.4) is 0 Å². The molecule has 0 rings (SSSR count). The molecule has 0 aromatic rings. The molecule has 0 saturated carbocycles. The number of hydrogen-bond acceptors (Lipinski definition) is 3. The second kappa shape index (κ2) is 13.5. The van der Waals surface area contributed by atoms with Crippen LogP contribution in [0.2, 0.25) is 0 Å². The molecule has 0 radical (unpaired) electrons. The molecule has 21 heavy (non-hydrogen) atoms. The number of hydrogen-bond donors (Lipinski definition) is 1. The smallest absolute Gasteiger partial charge is 0.264 e. The topological polar surface area (TPSA) is 63.6 Å². The van der Waals surface area contributed by atoms with Gasteiger partial charge in [-0.3, -0.25) is 4.55 Å². The minimum absolute atomic E-state index is 0.123. The summed E-state index contributed by atoms with van der Waals surface area (Å²) in [6.07, 6.45) is 14.2. The molecule has 0 saturated heterocycles. The molecule has 1 N–H and O–H groups in total. The molecule has 0 amide bonds. The Kier molecular flexibility index (Phi) is 13.4. The van der Waals surface area contributed by atoms with Gasteiger partial charge in [0.05, 0.1) is 6.61 Å². The summed E-state index contributed by atoms with van der Waals surface area (Å²) in [5.41, 5.74) is 0. The van der Waals surface area contributed by atoms with E-state index in [0.29, 0.717) is 0 Å². The normalized spacial score (nSPS) is 13.5. The minimum atomic E-state index is -4.30. The largest absolute Gasteiger partial charge is 0.397 e. The van der Waals surface area contributed by atoms with E-state index >= 15 is 0 Å². The molecule has 5 heteroatoms. The lowest BCUT2D eigenvalue weighted by Crippen LogP contribution is -2.14. The fourth-order valence-corrected chi connectivity index (χ4v) is 2.93. The van der Waals surface area contributed by atoms with Crippen molar-refractivity contribution in [3.05, 3.63) is 0 Å². The van der Waals surface area contributed by atoms with E-state index in [1.165, 1.54) is 44.9 Å². The van der Waals surface area contributed by atoms with Crippen LogP contribution in [0.15, 0.2) is 0 Å². The van der Waals surface area contributed by atoms with Gasteiger partial charge in [0.1, 0.15) is 0 Å². The third-order valence-electron chi connectivity index (χ3n) is 3.88. The van der Waals surface area contributed by atoms with Crippen LogP contribution in [0.25, 0.3) is 0 Å². The van der Waals surface area contributed by atoms with Crippen molar-refractivity contribution in [3.8, 4) is 0 Å². The van der Waals surface area contributed by atoms with Crippen molar-refractivity contribution in [2.24, 2.45) is 5.92 Å². The van der Waals surface area contributed by atoms with Crippen molar-refractivity contribution in [1.82, 2.24) is 0 Å². The standard InChI is InChI=1S/C16H34O4S/c1-3-5-7-8-9-10-12-14-16(13-11-6-4-2)15-20-21(17,18)19/h16H,3-15H2,1-2H3,(H,17,18,19). The van der Waals surface area contributed by atoms with Crippen molar-refractivity contribution < 1.29 is 17.2 Å². The third kappa shape index (κ3) is 16.1. The third-order valence-corrected chi connectivity index (χ3v) is 4.32. The molecule has 0 aromatic heterocycles. The molecule has 128 valence electrons. The molecular formula is C16H34O4S. The van der Waals surface area contributed by atoms with Crippen molar-refractivity contribution in [2.75, 3.05) is 6.61 Å². The molecule has 0 aliphatic carbocycles. The molecule has 0 bridgehead atoms. The summed E-state index contributed by atoms with van der Waals surface area (Å²) in [5.74, 6) is 0.245. The van der Waals surface area contributed by atoms with Gasteiger partial charge in [0.2, 0.25) is 0 Å². The number of unbranched alkanes of at least 4 members (excludes halogenated alkanes) is 8. The predicted molar refractivity (Wildman–Crippen MR) is 87.7 cm³/mol. The summed E-state index contributed by atoms with van der Waals surface area (Å²) in [7, 11) is -4.30. The Bertz CT molecular complexity index is 314. The molecule has 0 aromatic carbocycles. The minimum Gasteiger partial charge on any atom is -0.264 e. The first-order chi connectivity index (χ1) is 9.99. The van der Waals surface area contributed by atoms with Gasteiger partial charge in [-0.15, -0.1) is 0 Å². The Morgan fingerprint density at radius 3 is 1.76 bits per heavy atom. The van der Waals surface area contributed by atoms with Gasteiger partial charge >= 0.3 is 10.4 Å². The van der Waals surface area contributed by atoms with E-state index in [1.54, 1.807) is 0 Å². The second-order valence-corrected chi connectivity index (χ2v) is 7.08. The molecule has 0 fully saturated rings. The van der Waals surface area contributed by atoms with Gasteiger partial charge in [-0.2, -0.15) is 8.42 Å². The molecule has 0 aliphatic rings. The Labute approximate surface area is 131 Å². The molecule has 0 heterocycles. The van der Waals surface area contributed by atoms with Gasteiger partial charge in [-0.1, -0.05) is 78.1 Å². The maximum absolute atomic E-state index is 10.7. The lowest BCUT2D eigenvalue weighted by atomic mass is 9.95. The molecule has 0 spiro atoms. The monoisotopic (exact) mass is 322 g/mol. The van der Waals surface area contributed by atoms with E-state index in [4.69, 9.17) is 4.55 Å². The van der Waals surface area contributed by atoms with Gasteiger partial charge in [0, 0.05) is 0 Å². The summed E-state index contributed by atoms with van der Waals surface area (Å²) in [5, 5.41) is 0. The highest BCUT2D eigenvalue weighted by Gasteiger charge is 2.13. The van der Waals surface area contributed by atoms with Crippen LogP contribution in [0.1, 0.15) is 90.9 Å². The van der Waals surface area contributed by atoms with Gasteiger partial charge in [-0.25, -0.2) is 4.18 Å². The van der Waals surface area contributed by atoms with Crippen molar-refractivity contribution in [2.45, 2.75) is 90.9 Å². The van der Waals surface area contributed by atoms with E-state index in [9.17, 15) is 8.42 Å². The van der Waals surface area contributed by atoms with Crippen LogP contribution in [0.5, 0.6) is 0 Å². The molecule has 1 atom stereocenters. The first-order valence-corrected chi connectivity index (χ1v) is 9.98. The average Bonchev–Trinajstić information content (AvgIpc) is 2.42. The fraction of sp³-hybridized carbons (Fsp3) is 1.00. The van der Waals surface area contributed by atoms with E-state index in [1.807, 2.05) is 0 Å². The highest BCUT2D eigenvalue weighted by molar-refractivity contribution is 7.80. The zero-order valence-corrected chi connectivity index (χ0v) is 14.7. The molecule has 1 unspecified atom stereocenters.